The van der Waals surface area contributed by atoms with Crippen LogP contribution in [0.1, 0.15) is 17.3 Å². The molecule has 1 amide bonds. The number of nitro groups is 1. The summed E-state index contributed by atoms with van der Waals surface area (Å²) < 4.78 is 0. The van der Waals surface area contributed by atoms with Crippen LogP contribution in [0.2, 0.25) is 0 Å². The summed E-state index contributed by atoms with van der Waals surface area (Å²) in [7, 11) is 0. The Balaban J connectivity index is 2.37. The lowest BCUT2D eigenvalue weighted by Gasteiger charge is -2.28. The Bertz CT molecular complexity index is 556. The van der Waals surface area contributed by atoms with Gasteiger partial charge in [-0.2, -0.15) is 0 Å². The molecule has 100 valence electrons. The van der Waals surface area contributed by atoms with E-state index in [4.69, 9.17) is 0 Å². The smallest absolute Gasteiger partial charge is 0.280 e. The summed E-state index contributed by atoms with van der Waals surface area (Å²) in [5.41, 5.74) is 0.497. The van der Waals surface area contributed by atoms with Crippen molar-refractivity contribution < 1.29 is 14.5 Å². The number of piperazine rings is 1. The maximum atomic E-state index is 11.5. The van der Waals surface area contributed by atoms with Gasteiger partial charge in [-0.15, -0.1) is 0 Å². The number of carbonyl (C=O) groups excluding carboxylic acids is 2. The molecule has 1 aromatic carbocycles. The van der Waals surface area contributed by atoms with Crippen molar-refractivity contribution in [2.45, 2.75) is 6.92 Å². The van der Waals surface area contributed by atoms with E-state index in [-0.39, 0.29) is 29.5 Å². The van der Waals surface area contributed by atoms with Crippen molar-refractivity contribution in [1.82, 2.24) is 5.32 Å². The average Bonchev–Trinajstić information content (AvgIpc) is 2.37. The fraction of sp³-hybridized carbons (Fsp3) is 0.333. The van der Waals surface area contributed by atoms with E-state index in [2.05, 4.69) is 5.32 Å². The molecule has 0 atom stereocenters. The highest BCUT2D eigenvalue weighted by Gasteiger charge is 2.22. The zero-order chi connectivity index (χ0) is 14.0. The van der Waals surface area contributed by atoms with E-state index in [1.807, 2.05) is 0 Å². The standard InChI is InChI=1S/C12H13N3O4/c1-8(16)10-6-9(2-3-11(10)15(18)19)14-5-4-13-12(17)7-14/h2-3,6H,4-5,7H2,1H3,(H,13,17). The summed E-state index contributed by atoms with van der Waals surface area (Å²) in [4.78, 5) is 34.8. The SMILES string of the molecule is CC(=O)c1cc(N2CCNC(=O)C2)ccc1[N+](=O)[O-]. The van der Waals surface area contributed by atoms with Gasteiger partial charge in [0.2, 0.25) is 5.91 Å². The molecule has 1 aliphatic rings. The number of hydrogen-bond acceptors (Lipinski definition) is 5. The number of ketones is 1. The second kappa shape index (κ2) is 5.05. The Labute approximate surface area is 109 Å². The van der Waals surface area contributed by atoms with Gasteiger partial charge in [0.25, 0.3) is 5.69 Å². The van der Waals surface area contributed by atoms with Crippen LogP contribution < -0.4 is 10.2 Å². The zero-order valence-electron chi connectivity index (χ0n) is 10.4. The molecule has 0 radical (unpaired) electrons. The average molecular weight is 263 g/mol. The first-order valence-electron chi connectivity index (χ1n) is 5.80. The summed E-state index contributed by atoms with van der Waals surface area (Å²) in [6.07, 6.45) is 0. The molecule has 0 bridgehead atoms. The van der Waals surface area contributed by atoms with Crippen molar-refractivity contribution in [2.24, 2.45) is 0 Å². The van der Waals surface area contributed by atoms with Crippen molar-refractivity contribution >= 4 is 23.1 Å². The van der Waals surface area contributed by atoms with Crippen LogP contribution in [-0.4, -0.2) is 36.2 Å². The van der Waals surface area contributed by atoms with E-state index in [0.29, 0.717) is 18.8 Å². The van der Waals surface area contributed by atoms with Crippen LogP contribution in [0.3, 0.4) is 0 Å². The lowest BCUT2D eigenvalue weighted by atomic mass is 10.1. The van der Waals surface area contributed by atoms with E-state index in [1.54, 1.807) is 11.0 Å². The van der Waals surface area contributed by atoms with Crippen molar-refractivity contribution in [1.29, 1.82) is 0 Å². The topological polar surface area (TPSA) is 92.6 Å². The summed E-state index contributed by atoms with van der Waals surface area (Å²) >= 11 is 0. The molecule has 7 nitrogen and oxygen atoms in total. The van der Waals surface area contributed by atoms with Crippen molar-refractivity contribution in [3.05, 3.63) is 33.9 Å². The van der Waals surface area contributed by atoms with Gasteiger partial charge in [0, 0.05) is 24.8 Å². The Morgan fingerprint density at radius 1 is 1.47 bits per heavy atom. The van der Waals surface area contributed by atoms with Gasteiger partial charge in [-0.1, -0.05) is 0 Å². The number of nitro benzene ring substituents is 1. The van der Waals surface area contributed by atoms with E-state index in [1.165, 1.54) is 19.1 Å². The number of carbonyl (C=O) groups is 2. The molecule has 1 saturated heterocycles. The van der Waals surface area contributed by atoms with Crippen LogP contribution in [0, 0.1) is 10.1 Å². The van der Waals surface area contributed by atoms with Crippen LogP contribution >= 0.6 is 0 Å². The van der Waals surface area contributed by atoms with Gasteiger partial charge in [0.1, 0.15) is 0 Å². The predicted molar refractivity (Wildman–Crippen MR) is 68.3 cm³/mol. The van der Waals surface area contributed by atoms with E-state index >= 15 is 0 Å². The highest BCUT2D eigenvalue weighted by Crippen LogP contribution is 2.25. The van der Waals surface area contributed by atoms with Gasteiger partial charge in [-0.05, 0) is 19.1 Å². The van der Waals surface area contributed by atoms with Crippen LogP contribution in [0.15, 0.2) is 18.2 Å². The minimum absolute atomic E-state index is 0.0634. The molecule has 1 heterocycles. The highest BCUT2D eigenvalue weighted by atomic mass is 16.6. The van der Waals surface area contributed by atoms with Crippen LogP contribution in [0.25, 0.3) is 0 Å². The Morgan fingerprint density at radius 2 is 2.21 bits per heavy atom. The fourth-order valence-corrected chi connectivity index (χ4v) is 2.02. The first-order valence-corrected chi connectivity index (χ1v) is 5.80. The molecule has 0 aromatic heterocycles. The van der Waals surface area contributed by atoms with Gasteiger partial charge in [0.15, 0.2) is 5.78 Å². The molecule has 19 heavy (non-hydrogen) atoms. The molecule has 0 unspecified atom stereocenters. The first-order chi connectivity index (χ1) is 8.99. The van der Waals surface area contributed by atoms with Crippen molar-refractivity contribution in [3.63, 3.8) is 0 Å². The zero-order valence-corrected chi connectivity index (χ0v) is 10.4. The van der Waals surface area contributed by atoms with Crippen LogP contribution in [-0.2, 0) is 4.79 Å². The number of rotatable bonds is 3. The largest absolute Gasteiger partial charge is 0.360 e. The predicted octanol–water partition coefficient (Wildman–Crippen LogP) is 0.734. The van der Waals surface area contributed by atoms with E-state index in [9.17, 15) is 19.7 Å². The minimum Gasteiger partial charge on any atom is -0.360 e. The number of anilines is 1. The molecule has 2 rings (SSSR count). The minimum atomic E-state index is -0.580. The molecule has 7 heteroatoms. The third-order valence-electron chi connectivity index (χ3n) is 2.96. The molecule has 1 N–H and O–H groups in total. The van der Waals surface area contributed by atoms with Gasteiger partial charge in [-0.3, -0.25) is 19.7 Å². The Hall–Kier alpha value is -2.44. The van der Waals surface area contributed by atoms with Crippen molar-refractivity contribution in [3.8, 4) is 0 Å². The number of nitrogens with zero attached hydrogens (tertiary/aromatic N) is 2. The fourth-order valence-electron chi connectivity index (χ4n) is 2.02. The quantitative estimate of drug-likeness (QED) is 0.493. The van der Waals surface area contributed by atoms with Crippen LogP contribution in [0.5, 0.6) is 0 Å². The number of hydrogen-bond donors (Lipinski definition) is 1. The molecule has 0 aliphatic carbocycles. The monoisotopic (exact) mass is 263 g/mol. The lowest BCUT2D eigenvalue weighted by Crippen LogP contribution is -2.47. The highest BCUT2D eigenvalue weighted by molar-refractivity contribution is 5.99. The second-order valence-corrected chi connectivity index (χ2v) is 4.29. The number of Topliss-reactive ketones (excluding diaryl/α,β-unsaturated/α-hetero) is 1. The molecular formula is C12H13N3O4. The van der Waals surface area contributed by atoms with E-state index in [0.717, 1.165) is 0 Å². The second-order valence-electron chi connectivity index (χ2n) is 4.29. The van der Waals surface area contributed by atoms with Crippen LogP contribution in [0.4, 0.5) is 11.4 Å². The summed E-state index contributed by atoms with van der Waals surface area (Å²) in [6, 6.07) is 4.33. The number of nitrogens with one attached hydrogen (secondary N) is 1. The van der Waals surface area contributed by atoms with Gasteiger partial charge >= 0.3 is 0 Å². The lowest BCUT2D eigenvalue weighted by molar-refractivity contribution is -0.385. The van der Waals surface area contributed by atoms with E-state index < -0.39 is 4.92 Å². The molecular weight excluding hydrogens is 250 g/mol. The maximum absolute atomic E-state index is 11.5. The van der Waals surface area contributed by atoms with Gasteiger partial charge in [0.05, 0.1) is 17.0 Å². The third-order valence-corrected chi connectivity index (χ3v) is 2.96. The Morgan fingerprint density at radius 3 is 2.79 bits per heavy atom. The first kappa shape index (κ1) is 13.0. The van der Waals surface area contributed by atoms with Gasteiger partial charge in [-0.25, -0.2) is 0 Å². The number of amides is 1. The maximum Gasteiger partial charge on any atom is 0.280 e. The molecule has 0 saturated carbocycles. The van der Waals surface area contributed by atoms with Crippen molar-refractivity contribution in [2.75, 3.05) is 24.5 Å². The molecule has 1 fully saturated rings. The molecule has 1 aromatic rings. The normalized spacial score (nSPS) is 15.0. The molecule has 0 spiro atoms. The Kier molecular flexibility index (Phi) is 3.46. The summed E-state index contributed by atoms with van der Waals surface area (Å²) in [6.45, 7) is 2.61. The van der Waals surface area contributed by atoms with Gasteiger partial charge < -0.3 is 10.2 Å². The molecule has 1 aliphatic heterocycles. The number of benzene rings is 1. The summed E-state index contributed by atoms with van der Waals surface area (Å²) in [5, 5.41) is 13.5. The third kappa shape index (κ3) is 2.70. The summed E-state index contributed by atoms with van der Waals surface area (Å²) in [5.74, 6) is -0.469.